The zero-order valence-corrected chi connectivity index (χ0v) is 13.3. The lowest BCUT2D eigenvalue weighted by Gasteiger charge is -2.18. The van der Waals surface area contributed by atoms with Crippen LogP contribution >= 0.6 is 11.8 Å². The highest BCUT2D eigenvalue weighted by Gasteiger charge is 2.12. The van der Waals surface area contributed by atoms with E-state index >= 15 is 0 Å². The minimum Gasteiger partial charge on any atom is -0.468 e. The van der Waals surface area contributed by atoms with Crippen LogP contribution in [0.25, 0.3) is 0 Å². The van der Waals surface area contributed by atoms with Crippen LogP contribution in [0, 0.1) is 6.92 Å². The fraction of sp³-hybridized carbons (Fsp3) is 0.412. The van der Waals surface area contributed by atoms with Crippen LogP contribution in [-0.2, 0) is 6.42 Å². The van der Waals surface area contributed by atoms with Crippen LogP contribution in [0.3, 0.4) is 0 Å². The van der Waals surface area contributed by atoms with Crippen molar-refractivity contribution >= 4 is 11.8 Å². The number of thioether (sulfide) groups is 1. The fourth-order valence-corrected chi connectivity index (χ4v) is 3.26. The molecule has 0 radical (unpaired) electrons. The summed E-state index contributed by atoms with van der Waals surface area (Å²) in [7, 11) is 0. The Labute approximate surface area is 126 Å². The quantitative estimate of drug-likeness (QED) is 0.754. The molecule has 3 heteroatoms. The molecular formula is C17H23NOS. The molecule has 0 bridgehead atoms. The van der Waals surface area contributed by atoms with E-state index < -0.39 is 0 Å². The van der Waals surface area contributed by atoms with Gasteiger partial charge in [0.15, 0.2) is 0 Å². The minimum atomic E-state index is 0.380. The molecule has 20 heavy (non-hydrogen) atoms. The van der Waals surface area contributed by atoms with E-state index in [2.05, 4.69) is 43.4 Å². The Morgan fingerprint density at radius 1 is 1.15 bits per heavy atom. The Balaban J connectivity index is 2.04. The Bertz CT molecular complexity index is 518. The lowest BCUT2D eigenvalue weighted by Crippen LogP contribution is -2.22. The number of aryl methyl sites for hydroxylation is 2. The molecule has 1 atom stereocenters. The van der Waals surface area contributed by atoms with Crippen molar-refractivity contribution in [2.75, 3.05) is 12.3 Å². The van der Waals surface area contributed by atoms with Crippen molar-refractivity contribution in [3.8, 4) is 0 Å². The molecule has 0 amide bonds. The van der Waals surface area contributed by atoms with Gasteiger partial charge in [-0.3, -0.25) is 0 Å². The highest BCUT2D eigenvalue weighted by molar-refractivity contribution is 7.99. The second kappa shape index (κ2) is 7.55. The zero-order valence-electron chi connectivity index (χ0n) is 12.5. The summed E-state index contributed by atoms with van der Waals surface area (Å²) in [5.41, 5.74) is 2.75. The molecule has 0 saturated heterocycles. The van der Waals surface area contributed by atoms with E-state index in [1.807, 2.05) is 24.8 Å². The maximum absolute atomic E-state index is 5.35. The summed E-state index contributed by atoms with van der Waals surface area (Å²) in [6.07, 6.45) is 2.85. The van der Waals surface area contributed by atoms with Crippen LogP contribution in [0.4, 0.5) is 0 Å². The molecule has 0 aliphatic rings. The molecule has 0 saturated carbocycles. The Kier molecular flexibility index (Phi) is 5.74. The smallest absolute Gasteiger partial charge is 0.114 e. The predicted octanol–water partition coefficient (Wildman–Crippen LogP) is 4.59. The van der Waals surface area contributed by atoms with Crippen LogP contribution in [0.1, 0.15) is 36.8 Å². The molecule has 108 valence electrons. The first-order valence-electron chi connectivity index (χ1n) is 7.23. The van der Waals surface area contributed by atoms with Crippen molar-refractivity contribution < 1.29 is 4.42 Å². The van der Waals surface area contributed by atoms with Gasteiger partial charge in [0.2, 0.25) is 0 Å². The monoisotopic (exact) mass is 289 g/mol. The summed E-state index contributed by atoms with van der Waals surface area (Å²) in [5, 5.41) is 3.57. The first-order chi connectivity index (χ1) is 9.74. The zero-order chi connectivity index (χ0) is 14.4. The van der Waals surface area contributed by atoms with Crippen LogP contribution < -0.4 is 5.32 Å². The molecule has 1 aromatic heterocycles. The Hall–Kier alpha value is -1.19. The number of nitrogens with one attached hydrogen (secondary N) is 1. The van der Waals surface area contributed by atoms with E-state index in [9.17, 15) is 0 Å². The van der Waals surface area contributed by atoms with Gasteiger partial charge in [0.1, 0.15) is 5.76 Å². The molecule has 2 aromatic rings. The van der Waals surface area contributed by atoms with Crippen molar-refractivity contribution in [1.29, 1.82) is 0 Å². The highest BCUT2D eigenvalue weighted by Crippen LogP contribution is 2.28. The summed E-state index contributed by atoms with van der Waals surface area (Å²) < 4.78 is 5.35. The number of hydrogen-bond acceptors (Lipinski definition) is 3. The van der Waals surface area contributed by atoms with Crippen LogP contribution in [0.5, 0.6) is 0 Å². The molecule has 1 N–H and O–H groups in total. The predicted molar refractivity (Wildman–Crippen MR) is 86.4 cm³/mol. The van der Waals surface area contributed by atoms with Crippen LogP contribution in [-0.4, -0.2) is 12.3 Å². The maximum Gasteiger partial charge on any atom is 0.114 e. The van der Waals surface area contributed by atoms with Crippen LogP contribution in [0.15, 0.2) is 45.9 Å². The van der Waals surface area contributed by atoms with Crippen molar-refractivity contribution in [2.45, 2.75) is 38.1 Å². The van der Waals surface area contributed by atoms with Crippen molar-refractivity contribution in [3.63, 3.8) is 0 Å². The SMILES string of the molecule is CCNC(CSc1ccoc1C)c1ccc(CC)cc1. The minimum absolute atomic E-state index is 0.380. The maximum atomic E-state index is 5.35. The molecule has 1 unspecified atom stereocenters. The average Bonchev–Trinajstić information content (AvgIpc) is 2.89. The molecular weight excluding hydrogens is 266 g/mol. The van der Waals surface area contributed by atoms with E-state index in [0.717, 1.165) is 24.5 Å². The van der Waals surface area contributed by atoms with E-state index in [4.69, 9.17) is 4.42 Å². The summed E-state index contributed by atoms with van der Waals surface area (Å²) in [6, 6.07) is 11.4. The van der Waals surface area contributed by atoms with Crippen LogP contribution in [0.2, 0.25) is 0 Å². The first kappa shape index (κ1) is 15.2. The van der Waals surface area contributed by atoms with Gasteiger partial charge in [-0.25, -0.2) is 0 Å². The van der Waals surface area contributed by atoms with Gasteiger partial charge in [-0.15, -0.1) is 11.8 Å². The van der Waals surface area contributed by atoms with E-state index in [-0.39, 0.29) is 0 Å². The second-order valence-corrected chi connectivity index (χ2v) is 5.92. The highest BCUT2D eigenvalue weighted by atomic mass is 32.2. The third-order valence-corrected chi connectivity index (χ3v) is 4.69. The Morgan fingerprint density at radius 2 is 1.90 bits per heavy atom. The second-order valence-electron chi connectivity index (χ2n) is 4.86. The molecule has 0 aliphatic heterocycles. The third kappa shape index (κ3) is 3.90. The van der Waals surface area contributed by atoms with Crippen molar-refractivity contribution in [3.05, 3.63) is 53.5 Å². The van der Waals surface area contributed by atoms with Gasteiger partial charge in [0.05, 0.1) is 6.26 Å². The fourth-order valence-electron chi connectivity index (χ4n) is 2.20. The lowest BCUT2D eigenvalue weighted by molar-refractivity contribution is 0.526. The first-order valence-corrected chi connectivity index (χ1v) is 8.22. The number of furan rings is 1. The van der Waals surface area contributed by atoms with Gasteiger partial charge in [0, 0.05) is 16.7 Å². The standard InChI is InChI=1S/C17H23NOS/c1-4-14-6-8-15(9-7-14)16(18-5-2)12-20-17-10-11-19-13(17)3/h6-11,16,18H,4-5,12H2,1-3H3. The van der Waals surface area contributed by atoms with Gasteiger partial charge >= 0.3 is 0 Å². The van der Waals surface area contributed by atoms with Gasteiger partial charge in [-0.1, -0.05) is 38.1 Å². The largest absolute Gasteiger partial charge is 0.468 e. The third-order valence-electron chi connectivity index (χ3n) is 3.46. The molecule has 0 spiro atoms. The van der Waals surface area contributed by atoms with E-state index in [1.165, 1.54) is 16.0 Å². The van der Waals surface area contributed by atoms with Gasteiger partial charge in [-0.2, -0.15) is 0 Å². The Morgan fingerprint density at radius 3 is 2.45 bits per heavy atom. The number of hydrogen-bond donors (Lipinski definition) is 1. The lowest BCUT2D eigenvalue weighted by atomic mass is 10.1. The van der Waals surface area contributed by atoms with Gasteiger partial charge in [-0.05, 0) is 37.1 Å². The molecule has 0 fully saturated rings. The van der Waals surface area contributed by atoms with E-state index in [1.54, 1.807) is 6.26 Å². The van der Waals surface area contributed by atoms with Gasteiger partial charge in [0.25, 0.3) is 0 Å². The number of rotatable bonds is 7. The number of benzene rings is 1. The van der Waals surface area contributed by atoms with E-state index in [0.29, 0.717) is 6.04 Å². The average molecular weight is 289 g/mol. The molecule has 0 aliphatic carbocycles. The molecule has 2 rings (SSSR count). The van der Waals surface area contributed by atoms with Gasteiger partial charge < -0.3 is 9.73 Å². The molecule has 1 aromatic carbocycles. The molecule has 2 nitrogen and oxygen atoms in total. The summed E-state index contributed by atoms with van der Waals surface area (Å²) in [4.78, 5) is 1.23. The van der Waals surface area contributed by atoms with Crippen molar-refractivity contribution in [2.24, 2.45) is 0 Å². The summed E-state index contributed by atoms with van der Waals surface area (Å²) in [5.74, 6) is 2.02. The topological polar surface area (TPSA) is 25.2 Å². The summed E-state index contributed by atoms with van der Waals surface area (Å²) in [6.45, 7) is 7.33. The normalized spacial score (nSPS) is 12.6. The molecule has 1 heterocycles. The summed E-state index contributed by atoms with van der Waals surface area (Å²) >= 11 is 1.85. The van der Waals surface area contributed by atoms with Crippen molar-refractivity contribution in [1.82, 2.24) is 5.32 Å².